The van der Waals surface area contributed by atoms with E-state index in [9.17, 15) is 0 Å². The molecule has 0 amide bonds. The summed E-state index contributed by atoms with van der Waals surface area (Å²) >= 11 is 0. The van der Waals surface area contributed by atoms with Crippen LogP contribution in [-0.4, -0.2) is 12.6 Å². The summed E-state index contributed by atoms with van der Waals surface area (Å²) in [5, 5.41) is 3.79. The summed E-state index contributed by atoms with van der Waals surface area (Å²) in [6.45, 7) is 8.09. The van der Waals surface area contributed by atoms with E-state index in [1.807, 2.05) is 0 Å². The van der Waals surface area contributed by atoms with Crippen molar-refractivity contribution in [2.75, 3.05) is 6.54 Å². The molecule has 0 aliphatic heterocycles. The molecule has 1 N–H and O–H groups in total. The molecule has 0 heterocycles. The van der Waals surface area contributed by atoms with Gasteiger partial charge in [0, 0.05) is 6.04 Å². The van der Waals surface area contributed by atoms with Crippen molar-refractivity contribution >= 4 is 0 Å². The molecule has 0 radical (unpaired) electrons. The molecule has 0 spiro atoms. The molecule has 0 bridgehead atoms. The second-order valence-electron chi connectivity index (χ2n) is 6.57. The Morgan fingerprint density at radius 1 is 1.00 bits per heavy atom. The lowest BCUT2D eigenvalue weighted by atomic mass is 9.75. The Labute approximate surface area is 121 Å². The Balaban J connectivity index is 2.29. The zero-order valence-corrected chi connectivity index (χ0v) is 13.7. The van der Waals surface area contributed by atoms with Crippen LogP contribution in [0, 0.1) is 11.8 Å². The molecule has 1 aliphatic rings. The molecule has 1 aliphatic carbocycles. The van der Waals surface area contributed by atoms with Gasteiger partial charge in [-0.25, -0.2) is 0 Å². The first-order chi connectivity index (χ1) is 9.31. The molecule has 0 aromatic carbocycles. The van der Waals surface area contributed by atoms with Crippen LogP contribution < -0.4 is 5.32 Å². The summed E-state index contributed by atoms with van der Waals surface area (Å²) in [6, 6.07) is 0.806. The van der Waals surface area contributed by atoms with E-state index >= 15 is 0 Å². The highest BCUT2D eigenvalue weighted by molar-refractivity contribution is 4.82. The summed E-state index contributed by atoms with van der Waals surface area (Å²) < 4.78 is 0. The molecule has 1 saturated carbocycles. The third kappa shape index (κ3) is 6.79. The van der Waals surface area contributed by atoms with Gasteiger partial charge in [-0.15, -0.1) is 0 Å². The van der Waals surface area contributed by atoms with E-state index in [2.05, 4.69) is 26.1 Å². The zero-order valence-electron chi connectivity index (χ0n) is 13.7. The Bertz CT molecular complexity index is 202. The van der Waals surface area contributed by atoms with Crippen LogP contribution in [0.3, 0.4) is 0 Å². The predicted octanol–water partition coefficient (Wildman–Crippen LogP) is 5.54. The molecule has 3 atom stereocenters. The number of rotatable bonds is 10. The monoisotopic (exact) mass is 267 g/mol. The SMILES string of the molecule is CCCCCCCC(NCC)C1CCCC(CC)C1. The largest absolute Gasteiger partial charge is 0.314 e. The van der Waals surface area contributed by atoms with Gasteiger partial charge in [-0.2, -0.15) is 0 Å². The van der Waals surface area contributed by atoms with Gasteiger partial charge in [-0.3, -0.25) is 0 Å². The summed E-state index contributed by atoms with van der Waals surface area (Å²) in [5.74, 6) is 1.98. The summed E-state index contributed by atoms with van der Waals surface area (Å²) in [4.78, 5) is 0. The number of hydrogen-bond acceptors (Lipinski definition) is 1. The maximum atomic E-state index is 3.79. The second kappa shape index (κ2) is 10.7. The van der Waals surface area contributed by atoms with E-state index < -0.39 is 0 Å². The Hall–Kier alpha value is -0.0400. The minimum atomic E-state index is 0.806. The van der Waals surface area contributed by atoms with E-state index in [4.69, 9.17) is 0 Å². The molecule has 0 saturated heterocycles. The molecule has 1 heteroatoms. The fourth-order valence-corrected chi connectivity index (χ4v) is 3.80. The normalized spacial score (nSPS) is 25.4. The maximum Gasteiger partial charge on any atom is 0.00953 e. The van der Waals surface area contributed by atoms with Gasteiger partial charge in [0.1, 0.15) is 0 Å². The lowest BCUT2D eigenvalue weighted by Gasteiger charge is -2.35. The number of nitrogens with one attached hydrogen (secondary N) is 1. The lowest BCUT2D eigenvalue weighted by Crippen LogP contribution is -2.38. The minimum Gasteiger partial charge on any atom is -0.314 e. The van der Waals surface area contributed by atoms with Gasteiger partial charge in [0.05, 0.1) is 0 Å². The van der Waals surface area contributed by atoms with Crippen molar-refractivity contribution in [3.8, 4) is 0 Å². The summed E-state index contributed by atoms with van der Waals surface area (Å²) in [5.41, 5.74) is 0. The first kappa shape index (κ1) is 17.0. The van der Waals surface area contributed by atoms with E-state index in [1.54, 1.807) is 0 Å². The van der Waals surface area contributed by atoms with Crippen molar-refractivity contribution in [3.05, 3.63) is 0 Å². The topological polar surface area (TPSA) is 12.0 Å². The maximum absolute atomic E-state index is 3.79. The first-order valence-corrected chi connectivity index (χ1v) is 9.05. The highest BCUT2D eigenvalue weighted by Crippen LogP contribution is 2.34. The molecule has 0 aromatic rings. The molecular formula is C18H37N. The molecule has 0 aromatic heterocycles. The van der Waals surface area contributed by atoms with E-state index in [1.165, 1.54) is 70.6 Å². The van der Waals surface area contributed by atoms with Crippen molar-refractivity contribution in [1.29, 1.82) is 0 Å². The van der Waals surface area contributed by atoms with Crippen LogP contribution >= 0.6 is 0 Å². The van der Waals surface area contributed by atoms with E-state index in [-0.39, 0.29) is 0 Å². The predicted molar refractivity (Wildman–Crippen MR) is 86.6 cm³/mol. The van der Waals surface area contributed by atoms with Gasteiger partial charge in [-0.05, 0) is 37.6 Å². The van der Waals surface area contributed by atoms with Crippen LogP contribution in [-0.2, 0) is 0 Å². The van der Waals surface area contributed by atoms with Crippen molar-refractivity contribution in [3.63, 3.8) is 0 Å². The molecule has 19 heavy (non-hydrogen) atoms. The molecule has 1 rings (SSSR count). The minimum absolute atomic E-state index is 0.806. The Morgan fingerprint density at radius 3 is 2.47 bits per heavy atom. The first-order valence-electron chi connectivity index (χ1n) is 9.05. The summed E-state index contributed by atoms with van der Waals surface area (Å²) in [7, 11) is 0. The average molecular weight is 268 g/mol. The summed E-state index contributed by atoms with van der Waals surface area (Å²) in [6.07, 6.45) is 15.8. The van der Waals surface area contributed by atoms with E-state index in [0.717, 1.165) is 24.4 Å². The van der Waals surface area contributed by atoms with Crippen molar-refractivity contribution in [2.45, 2.75) is 97.4 Å². The van der Waals surface area contributed by atoms with Crippen LogP contribution in [0.4, 0.5) is 0 Å². The molecular weight excluding hydrogens is 230 g/mol. The number of hydrogen-bond donors (Lipinski definition) is 1. The number of unbranched alkanes of at least 4 members (excludes halogenated alkanes) is 4. The van der Waals surface area contributed by atoms with Crippen molar-refractivity contribution in [1.82, 2.24) is 5.32 Å². The quantitative estimate of drug-likeness (QED) is 0.512. The van der Waals surface area contributed by atoms with Gasteiger partial charge in [0.15, 0.2) is 0 Å². The molecule has 114 valence electrons. The van der Waals surface area contributed by atoms with Crippen LogP contribution in [0.2, 0.25) is 0 Å². The fraction of sp³-hybridized carbons (Fsp3) is 1.00. The third-order valence-corrected chi connectivity index (χ3v) is 5.05. The molecule has 3 unspecified atom stereocenters. The Kier molecular flexibility index (Phi) is 9.59. The van der Waals surface area contributed by atoms with Crippen molar-refractivity contribution in [2.24, 2.45) is 11.8 Å². The highest BCUT2D eigenvalue weighted by Gasteiger charge is 2.26. The third-order valence-electron chi connectivity index (χ3n) is 5.05. The Morgan fingerprint density at radius 2 is 1.79 bits per heavy atom. The van der Waals surface area contributed by atoms with E-state index in [0.29, 0.717) is 0 Å². The van der Waals surface area contributed by atoms with Crippen LogP contribution in [0.1, 0.15) is 91.4 Å². The van der Waals surface area contributed by atoms with Crippen LogP contribution in [0.15, 0.2) is 0 Å². The smallest absolute Gasteiger partial charge is 0.00953 e. The van der Waals surface area contributed by atoms with Gasteiger partial charge in [0.2, 0.25) is 0 Å². The van der Waals surface area contributed by atoms with Gasteiger partial charge in [0.25, 0.3) is 0 Å². The van der Waals surface area contributed by atoms with Gasteiger partial charge in [-0.1, -0.05) is 72.1 Å². The van der Waals surface area contributed by atoms with Crippen LogP contribution in [0.25, 0.3) is 0 Å². The van der Waals surface area contributed by atoms with Gasteiger partial charge >= 0.3 is 0 Å². The highest BCUT2D eigenvalue weighted by atomic mass is 14.9. The second-order valence-corrected chi connectivity index (χ2v) is 6.57. The average Bonchev–Trinajstić information content (AvgIpc) is 2.46. The van der Waals surface area contributed by atoms with Crippen molar-refractivity contribution < 1.29 is 0 Å². The standard InChI is InChI=1S/C18H37N/c1-4-7-8-9-10-14-18(19-6-3)17-13-11-12-16(5-2)15-17/h16-19H,4-15H2,1-3H3. The fourth-order valence-electron chi connectivity index (χ4n) is 3.80. The van der Waals surface area contributed by atoms with Crippen LogP contribution in [0.5, 0.6) is 0 Å². The lowest BCUT2D eigenvalue weighted by molar-refractivity contribution is 0.201. The van der Waals surface area contributed by atoms with Gasteiger partial charge < -0.3 is 5.32 Å². The zero-order chi connectivity index (χ0) is 13.9. The molecule has 1 fully saturated rings. The molecule has 1 nitrogen and oxygen atoms in total.